The van der Waals surface area contributed by atoms with E-state index in [9.17, 15) is 0 Å². The topological polar surface area (TPSA) is 66.0 Å². The first-order valence-electron chi connectivity index (χ1n) is 4.55. The minimum atomic E-state index is 0.431. The lowest BCUT2D eigenvalue weighted by Gasteiger charge is -2.08. The highest BCUT2D eigenvalue weighted by molar-refractivity contribution is 5.49. The van der Waals surface area contributed by atoms with Crippen molar-refractivity contribution in [3.63, 3.8) is 0 Å². The molecule has 5 nitrogen and oxygen atoms in total. The van der Waals surface area contributed by atoms with Gasteiger partial charge in [-0.15, -0.1) is 5.10 Å². The number of aromatic nitrogens is 3. The lowest BCUT2D eigenvalue weighted by Crippen LogP contribution is -2.02. The molecule has 0 atom stereocenters. The predicted octanol–water partition coefficient (Wildman–Crippen LogP) is 1.17. The van der Waals surface area contributed by atoms with Gasteiger partial charge in [0.25, 0.3) is 0 Å². The van der Waals surface area contributed by atoms with Gasteiger partial charge in [0.15, 0.2) is 5.82 Å². The molecule has 0 spiro atoms. The molecule has 0 radical (unpaired) electrons. The molecule has 2 aromatic rings. The summed E-state index contributed by atoms with van der Waals surface area (Å²) in [6.45, 7) is 1.86. The molecule has 1 aromatic heterocycles. The lowest BCUT2D eigenvalue weighted by molar-refractivity contribution is 0.411. The number of anilines is 1. The summed E-state index contributed by atoms with van der Waals surface area (Å²) in [5.41, 5.74) is 7.27. The Labute approximate surface area is 87.5 Å². The molecule has 2 rings (SSSR count). The van der Waals surface area contributed by atoms with Gasteiger partial charge in [-0.1, -0.05) is 17.3 Å². The molecule has 1 aromatic carbocycles. The van der Waals surface area contributed by atoms with Crippen LogP contribution in [-0.2, 0) is 0 Å². The van der Waals surface area contributed by atoms with Crippen molar-refractivity contribution in [2.24, 2.45) is 0 Å². The van der Waals surface area contributed by atoms with Crippen LogP contribution in [-0.4, -0.2) is 22.1 Å². The first kappa shape index (κ1) is 9.51. The van der Waals surface area contributed by atoms with E-state index in [1.807, 2.05) is 31.2 Å². The molecule has 5 heteroatoms. The second-order valence-corrected chi connectivity index (χ2v) is 3.14. The van der Waals surface area contributed by atoms with Crippen molar-refractivity contribution < 1.29 is 4.74 Å². The first-order valence-corrected chi connectivity index (χ1v) is 4.55. The number of nitrogen functional groups attached to an aromatic ring is 1. The van der Waals surface area contributed by atoms with Gasteiger partial charge in [-0.3, -0.25) is 0 Å². The number of methoxy groups -OCH3 is 1. The van der Waals surface area contributed by atoms with E-state index in [1.165, 1.54) is 0 Å². The summed E-state index contributed by atoms with van der Waals surface area (Å²) < 4.78 is 6.90. The Morgan fingerprint density at radius 1 is 1.33 bits per heavy atom. The quantitative estimate of drug-likeness (QED) is 0.797. The van der Waals surface area contributed by atoms with Crippen molar-refractivity contribution >= 4 is 5.82 Å². The highest BCUT2D eigenvalue weighted by Gasteiger charge is 2.10. The molecular weight excluding hydrogens is 192 g/mol. The zero-order valence-corrected chi connectivity index (χ0v) is 8.64. The fourth-order valence-corrected chi connectivity index (χ4v) is 1.37. The third-order valence-electron chi connectivity index (χ3n) is 2.24. The number of rotatable bonds is 2. The molecule has 1 heterocycles. The number of nitrogens with zero attached hydrogens (tertiary/aromatic N) is 3. The van der Waals surface area contributed by atoms with E-state index in [0.29, 0.717) is 5.82 Å². The normalized spacial score (nSPS) is 10.3. The standard InChI is InChI=1S/C10H12N4O/c1-7-10(11)12-13-14(7)8-5-3-4-6-9(8)15-2/h3-6H,11H2,1-2H3. The van der Waals surface area contributed by atoms with Crippen LogP contribution in [0.3, 0.4) is 0 Å². The Morgan fingerprint density at radius 2 is 2.07 bits per heavy atom. The summed E-state index contributed by atoms with van der Waals surface area (Å²) >= 11 is 0. The highest BCUT2D eigenvalue weighted by atomic mass is 16.5. The lowest BCUT2D eigenvalue weighted by atomic mass is 10.3. The predicted molar refractivity (Wildman–Crippen MR) is 57.1 cm³/mol. The van der Waals surface area contributed by atoms with E-state index in [2.05, 4.69) is 10.3 Å². The second kappa shape index (κ2) is 3.61. The summed E-state index contributed by atoms with van der Waals surface area (Å²) in [5, 5.41) is 7.76. The van der Waals surface area contributed by atoms with Gasteiger partial charge in [0.1, 0.15) is 11.4 Å². The van der Waals surface area contributed by atoms with E-state index >= 15 is 0 Å². The minimum Gasteiger partial charge on any atom is -0.494 e. The summed E-state index contributed by atoms with van der Waals surface area (Å²) in [4.78, 5) is 0. The number of nitrogens with two attached hydrogens (primary N) is 1. The zero-order chi connectivity index (χ0) is 10.8. The van der Waals surface area contributed by atoms with Crippen molar-refractivity contribution in [2.45, 2.75) is 6.92 Å². The van der Waals surface area contributed by atoms with E-state index in [-0.39, 0.29) is 0 Å². The molecular formula is C10H12N4O. The molecule has 78 valence electrons. The van der Waals surface area contributed by atoms with Crippen molar-refractivity contribution in [1.29, 1.82) is 0 Å². The molecule has 0 bridgehead atoms. The van der Waals surface area contributed by atoms with Crippen LogP contribution in [0.1, 0.15) is 5.69 Å². The van der Waals surface area contributed by atoms with Gasteiger partial charge in [-0.25, -0.2) is 4.68 Å². The van der Waals surface area contributed by atoms with Crippen LogP contribution in [0.2, 0.25) is 0 Å². The Balaban J connectivity index is 2.58. The van der Waals surface area contributed by atoms with Crippen LogP contribution in [0.5, 0.6) is 5.75 Å². The van der Waals surface area contributed by atoms with Gasteiger partial charge in [0.2, 0.25) is 0 Å². The van der Waals surface area contributed by atoms with Gasteiger partial charge in [0, 0.05) is 0 Å². The van der Waals surface area contributed by atoms with Crippen LogP contribution in [0, 0.1) is 6.92 Å². The average molecular weight is 204 g/mol. The van der Waals surface area contributed by atoms with Crippen LogP contribution < -0.4 is 10.5 Å². The molecule has 0 saturated carbocycles. The maximum absolute atomic E-state index is 5.63. The molecule has 0 fully saturated rings. The summed E-state index contributed by atoms with van der Waals surface area (Å²) in [7, 11) is 1.62. The van der Waals surface area contributed by atoms with E-state index in [1.54, 1.807) is 11.8 Å². The Kier molecular flexibility index (Phi) is 2.29. The highest BCUT2D eigenvalue weighted by Crippen LogP contribution is 2.23. The van der Waals surface area contributed by atoms with Gasteiger partial charge in [-0.2, -0.15) is 0 Å². The molecule has 2 N–H and O–H groups in total. The van der Waals surface area contributed by atoms with E-state index in [4.69, 9.17) is 10.5 Å². The average Bonchev–Trinajstić information content (AvgIpc) is 2.60. The number of benzene rings is 1. The molecule has 0 aliphatic heterocycles. The molecule has 0 amide bonds. The summed E-state index contributed by atoms with van der Waals surface area (Å²) in [6.07, 6.45) is 0. The monoisotopic (exact) mass is 204 g/mol. The minimum absolute atomic E-state index is 0.431. The summed E-state index contributed by atoms with van der Waals surface area (Å²) in [5.74, 6) is 1.17. The maximum atomic E-state index is 5.63. The smallest absolute Gasteiger partial charge is 0.169 e. The van der Waals surface area contributed by atoms with Crippen molar-refractivity contribution in [3.05, 3.63) is 30.0 Å². The third kappa shape index (κ3) is 1.52. The van der Waals surface area contributed by atoms with Crippen molar-refractivity contribution in [3.8, 4) is 11.4 Å². The largest absolute Gasteiger partial charge is 0.494 e. The molecule has 0 aliphatic rings. The molecule has 15 heavy (non-hydrogen) atoms. The molecule has 0 aliphatic carbocycles. The van der Waals surface area contributed by atoms with Crippen molar-refractivity contribution in [2.75, 3.05) is 12.8 Å². The van der Waals surface area contributed by atoms with Gasteiger partial charge < -0.3 is 10.5 Å². The molecule has 0 unspecified atom stereocenters. The van der Waals surface area contributed by atoms with E-state index in [0.717, 1.165) is 17.1 Å². The van der Waals surface area contributed by atoms with Gasteiger partial charge in [-0.05, 0) is 19.1 Å². The fraction of sp³-hybridized carbons (Fsp3) is 0.200. The summed E-state index contributed by atoms with van der Waals surface area (Å²) in [6, 6.07) is 7.58. The number of hydrogen-bond acceptors (Lipinski definition) is 4. The van der Waals surface area contributed by atoms with Gasteiger partial charge >= 0.3 is 0 Å². The number of ether oxygens (including phenoxy) is 1. The third-order valence-corrected chi connectivity index (χ3v) is 2.24. The number of para-hydroxylation sites is 2. The second-order valence-electron chi connectivity index (χ2n) is 3.14. The number of hydrogen-bond donors (Lipinski definition) is 1. The first-order chi connectivity index (χ1) is 7.24. The van der Waals surface area contributed by atoms with Crippen LogP contribution in [0.25, 0.3) is 5.69 Å². The van der Waals surface area contributed by atoms with Gasteiger partial charge in [0.05, 0.1) is 12.8 Å². The van der Waals surface area contributed by atoms with E-state index < -0.39 is 0 Å². The zero-order valence-electron chi connectivity index (χ0n) is 8.64. The van der Waals surface area contributed by atoms with Crippen LogP contribution in [0.4, 0.5) is 5.82 Å². The van der Waals surface area contributed by atoms with Crippen molar-refractivity contribution in [1.82, 2.24) is 15.0 Å². The van der Waals surface area contributed by atoms with Crippen LogP contribution in [0.15, 0.2) is 24.3 Å². The Hall–Kier alpha value is -2.04. The SMILES string of the molecule is COc1ccccc1-n1nnc(N)c1C. The van der Waals surface area contributed by atoms with Crippen LogP contribution >= 0.6 is 0 Å². The molecule has 0 saturated heterocycles. The maximum Gasteiger partial charge on any atom is 0.169 e. The Morgan fingerprint density at radius 3 is 2.67 bits per heavy atom. The Bertz CT molecular complexity index is 478. The fourth-order valence-electron chi connectivity index (χ4n) is 1.37.